The van der Waals surface area contributed by atoms with Gasteiger partial charge in [-0.1, -0.05) is 73.7 Å². The topological polar surface area (TPSA) is 46.3 Å². The number of amides is 1. The van der Waals surface area contributed by atoms with Crippen molar-refractivity contribution in [2.75, 3.05) is 4.90 Å². The fourth-order valence-corrected chi connectivity index (χ4v) is 4.61. The molecule has 5 rings (SSSR count). The Balaban J connectivity index is 1.71. The maximum Gasteiger partial charge on any atom is 0.300 e. The zero-order chi connectivity index (χ0) is 20.7. The Morgan fingerprint density at radius 1 is 0.967 bits per heavy atom. The summed E-state index contributed by atoms with van der Waals surface area (Å²) in [7, 11) is 0. The van der Waals surface area contributed by atoms with Crippen molar-refractivity contribution < 1.29 is 9.21 Å². The molecule has 0 atom stereocenters. The summed E-state index contributed by atoms with van der Waals surface area (Å²) in [4.78, 5) is 20.2. The molecule has 1 amide bonds. The summed E-state index contributed by atoms with van der Waals surface area (Å²) >= 11 is 1.50. The van der Waals surface area contributed by atoms with Crippen LogP contribution in [0.5, 0.6) is 0 Å². The van der Waals surface area contributed by atoms with E-state index in [1.54, 1.807) is 11.0 Å². The van der Waals surface area contributed by atoms with Crippen LogP contribution in [-0.2, 0) is 0 Å². The summed E-state index contributed by atoms with van der Waals surface area (Å²) in [6.07, 6.45) is 0. The number of furan rings is 1. The van der Waals surface area contributed by atoms with Gasteiger partial charge in [-0.25, -0.2) is 9.88 Å². The smallest absolute Gasteiger partial charge is 0.300 e. The molecule has 0 bridgehead atoms. The largest absolute Gasteiger partial charge is 0.451 e. The molecule has 0 spiro atoms. The predicted molar refractivity (Wildman–Crippen MR) is 123 cm³/mol. The van der Waals surface area contributed by atoms with E-state index in [1.807, 2.05) is 66.7 Å². The molecular formula is C25H20N2O2S. The highest BCUT2D eigenvalue weighted by Gasteiger charge is 2.28. The normalized spacial score (nSPS) is 11.4. The Morgan fingerprint density at radius 2 is 1.70 bits per heavy atom. The van der Waals surface area contributed by atoms with Gasteiger partial charge in [-0.2, -0.15) is 0 Å². The number of nitrogens with zero attached hydrogens (tertiary/aromatic N) is 2. The van der Waals surface area contributed by atoms with Crippen LogP contribution in [0.25, 0.3) is 21.2 Å². The number of benzene rings is 3. The van der Waals surface area contributed by atoms with Crippen molar-refractivity contribution in [3.8, 4) is 0 Å². The van der Waals surface area contributed by atoms with Gasteiger partial charge in [-0.3, -0.25) is 4.79 Å². The van der Waals surface area contributed by atoms with E-state index in [2.05, 4.69) is 19.9 Å². The number of carbonyl (C=O) groups is 1. The molecule has 148 valence electrons. The number of fused-ring (bicyclic) bond motifs is 2. The zero-order valence-corrected chi connectivity index (χ0v) is 17.5. The highest BCUT2D eigenvalue weighted by Crippen LogP contribution is 2.38. The fourth-order valence-electron chi connectivity index (χ4n) is 3.63. The van der Waals surface area contributed by atoms with Crippen molar-refractivity contribution in [2.24, 2.45) is 0 Å². The van der Waals surface area contributed by atoms with Crippen molar-refractivity contribution in [1.82, 2.24) is 4.98 Å². The Morgan fingerprint density at radius 3 is 2.50 bits per heavy atom. The van der Waals surface area contributed by atoms with Crippen LogP contribution in [0.4, 0.5) is 10.8 Å². The van der Waals surface area contributed by atoms with Gasteiger partial charge in [0.05, 0.1) is 15.9 Å². The summed E-state index contributed by atoms with van der Waals surface area (Å²) in [6.45, 7) is 4.25. The van der Waals surface area contributed by atoms with Gasteiger partial charge in [0.2, 0.25) is 0 Å². The average molecular weight is 413 g/mol. The third-order valence-electron chi connectivity index (χ3n) is 5.11. The van der Waals surface area contributed by atoms with E-state index >= 15 is 0 Å². The monoisotopic (exact) mass is 412 g/mol. The van der Waals surface area contributed by atoms with Gasteiger partial charge in [0.15, 0.2) is 10.9 Å². The van der Waals surface area contributed by atoms with E-state index in [1.165, 1.54) is 11.3 Å². The van der Waals surface area contributed by atoms with Crippen molar-refractivity contribution in [1.29, 1.82) is 0 Å². The molecule has 5 heteroatoms. The molecule has 4 nitrogen and oxygen atoms in total. The van der Waals surface area contributed by atoms with Crippen LogP contribution in [-0.4, -0.2) is 10.9 Å². The molecule has 0 aliphatic carbocycles. The summed E-state index contributed by atoms with van der Waals surface area (Å²) in [6, 6.07) is 25.4. The van der Waals surface area contributed by atoms with Crippen molar-refractivity contribution in [2.45, 2.75) is 19.8 Å². The lowest BCUT2D eigenvalue weighted by atomic mass is 10.0. The minimum absolute atomic E-state index is 0.224. The molecule has 0 aliphatic heterocycles. The fraction of sp³-hybridized carbons (Fsp3) is 0.120. The average Bonchev–Trinajstić information content (AvgIpc) is 3.38. The summed E-state index contributed by atoms with van der Waals surface area (Å²) in [5, 5.41) is 1.54. The zero-order valence-electron chi connectivity index (χ0n) is 16.7. The van der Waals surface area contributed by atoms with Gasteiger partial charge in [0.25, 0.3) is 5.91 Å². The first kappa shape index (κ1) is 18.6. The number of para-hydroxylation sites is 3. The first-order chi connectivity index (χ1) is 14.6. The van der Waals surface area contributed by atoms with E-state index in [4.69, 9.17) is 9.40 Å². The Kier molecular flexibility index (Phi) is 4.60. The molecule has 0 unspecified atom stereocenters. The standard InChI is InChI=1S/C25H20N2O2S/c1-16(2)18-10-4-6-12-20(18)27(25-26-19-11-5-8-14-23(19)30-25)24(28)22-15-17-9-3-7-13-21(17)29-22/h3-16H,1-2H3. The SMILES string of the molecule is CC(C)c1ccccc1N(C(=O)c1cc2ccccc2o1)c1nc2ccccc2s1. The highest BCUT2D eigenvalue weighted by atomic mass is 32.1. The van der Waals surface area contributed by atoms with E-state index in [0.717, 1.165) is 26.9 Å². The van der Waals surface area contributed by atoms with E-state index in [0.29, 0.717) is 16.5 Å². The lowest BCUT2D eigenvalue weighted by Crippen LogP contribution is -2.26. The van der Waals surface area contributed by atoms with E-state index in [9.17, 15) is 4.79 Å². The van der Waals surface area contributed by atoms with Gasteiger partial charge in [0, 0.05) is 5.39 Å². The van der Waals surface area contributed by atoms with Crippen LogP contribution < -0.4 is 4.90 Å². The van der Waals surface area contributed by atoms with Gasteiger partial charge >= 0.3 is 0 Å². The minimum Gasteiger partial charge on any atom is -0.451 e. The first-order valence-corrected chi connectivity index (χ1v) is 10.7. The Bertz CT molecular complexity index is 1300. The van der Waals surface area contributed by atoms with E-state index < -0.39 is 0 Å². The van der Waals surface area contributed by atoms with Crippen LogP contribution in [0.2, 0.25) is 0 Å². The maximum atomic E-state index is 13.8. The van der Waals surface area contributed by atoms with Crippen LogP contribution in [0.1, 0.15) is 35.9 Å². The molecule has 0 N–H and O–H groups in total. The van der Waals surface area contributed by atoms with Gasteiger partial charge in [-0.05, 0) is 41.8 Å². The van der Waals surface area contributed by atoms with Gasteiger partial charge < -0.3 is 4.42 Å². The number of hydrogen-bond acceptors (Lipinski definition) is 4. The van der Waals surface area contributed by atoms with Crippen molar-refractivity contribution >= 4 is 49.2 Å². The second kappa shape index (κ2) is 7.43. The summed E-state index contributed by atoms with van der Waals surface area (Å²) in [5.41, 5.74) is 3.49. The molecule has 0 radical (unpaired) electrons. The third kappa shape index (κ3) is 3.17. The molecule has 0 fully saturated rings. The molecule has 2 aromatic heterocycles. The molecule has 0 saturated carbocycles. The molecule has 30 heavy (non-hydrogen) atoms. The number of rotatable bonds is 4. The number of aromatic nitrogens is 1. The molecule has 5 aromatic rings. The lowest BCUT2D eigenvalue weighted by Gasteiger charge is -2.23. The highest BCUT2D eigenvalue weighted by molar-refractivity contribution is 7.22. The van der Waals surface area contributed by atoms with Gasteiger partial charge in [-0.15, -0.1) is 0 Å². The number of carbonyl (C=O) groups excluding carboxylic acids is 1. The quantitative estimate of drug-likeness (QED) is 0.315. The molecule has 3 aromatic carbocycles. The molecule has 0 aliphatic rings. The first-order valence-electron chi connectivity index (χ1n) is 9.89. The van der Waals surface area contributed by atoms with Crippen LogP contribution in [0.3, 0.4) is 0 Å². The van der Waals surface area contributed by atoms with Crippen LogP contribution in [0.15, 0.2) is 83.3 Å². The maximum absolute atomic E-state index is 13.8. The summed E-state index contributed by atoms with van der Waals surface area (Å²) < 4.78 is 6.95. The van der Waals surface area contributed by atoms with Crippen molar-refractivity contribution in [3.05, 3.63) is 90.2 Å². The minimum atomic E-state index is -0.224. The third-order valence-corrected chi connectivity index (χ3v) is 6.13. The lowest BCUT2D eigenvalue weighted by molar-refractivity contribution is 0.0975. The van der Waals surface area contributed by atoms with Crippen LogP contribution in [0, 0.1) is 0 Å². The van der Waals surface area contributed by atoms with Gasteiger partial charge in [0.1, 0.15) is 5.58 Å². The second-order valence-electron chi connectivity index (χ2n) is 7.47. The number of hydrogen-bond donors (Lipinski definition) is 0. The molecule has 2 heterocycles. The number of anilines is 2. The van der Waals surface area contributed by atoms with Crippen LogP contribution >= 0.6 is 11.3 Å². The van der Waals surface area contributed by atoms with Crippen molar-refractivity contribution in [3.63, 3.8) is 0 Å². The number of thiazole rings is 1. The van der Waals surface area contributed by atoms with E-state index in [-0.39, 0.29) is 11.8 Å². The Hall–Kier alpha value is -3.44. The molecular weight excluding hydrogens is 392 g/mol. The summed E-state index contributed by atoms with van der Waals surface area (Å²) in [5.74, 6) is 0.328. The molecule has 0 saturated heterocycles. The Labute approximate surface area is 178 Å². The second-order valence-corrected chi connectivity index (χ2v) is 8.48. The predicted octanol–water partition coefficient (Wildman–Crippen LogP) is 7.14.